The number of aromatic nitrogens is 1. The molecule has 0 saturated carbocycles. The van der Waals surface area contributed by atoms with Crippen LogP contribution in [0.25, 0.3) is 0 Å². The van der Waals surface area contributed by atoms with E-state index in [0.717, 1.165) is 36.9 Å². The molecule has 0 fully saturated rings. The van der Waals surface area contributed by atoms with Gasteiger partial charge in [-0.2, -0.15) is 0 Å². The van der Waals surface area contributed by atoms with Crippen LogP contribution in [0.4, 0.5) is 5.88 Å². The monoisotopic (exact) mass is 328 g/mol. The van der Waals surface area contributed by atoms with E-state index >= 15 is 0 Å². The number of benzene rings is 1. The second-order valence-corrected chi connectivity index (χ2v) is 6.62. The minimum atomic E-state index is -0.612. The van der Waals surface area contributed by atoms with E-state index in [2.05, 4.69) is 24.3 Å². The first-order valence-corrected chi connectivity index (χ1v) is 8.59. The van der Waals surface area contributed by atoms with Crippen LogP contribution in [-0.4, -0.2) is 17.2 Å². The largest absolute Gasteiger partial charge is 0.481 e. The van der Waals surface area contributed by atoms with Crippen molar-refractivity contribution in [1.82, 2.24) is 5.16 Å². The van der Waals surface area contributed by atoms with Gasteiger partial charge in [0.15, 0.2) is 6.10 Å². The van der Waals surface area contributed by atoms with Crippen molar-refractivity contribution in [1.29, 1.82) is 0 Å². The smallest absolute Gasteiger partial charge is 0.267 e. The number of ether oxygens (including phenoxy) is 1. The highest BCUT2D eigenvalue weighted by Gasteiger charge is 2.23. The highest BCUT2D eigenvalue weighted by Crippen LogP contribution is 2.27. The van der Waals surface area contributed by atoms with Crippen LogP contribution in [0.1, 0.15) is 56.4 Å². The molecule has 1 aliphatic carbocycles. The number of hydrogen-bond donors (Lipinski definition) is 1. The number of aryl methyl sites for hydroxylation is 1. The molecule has 2 aromatic rings. The topological polar surface area (TPSA) is 64.4 Å². The van der Waals surface area contributed by atoms with Crippen LogP contribution in [0, 0.1) is 0 Å². The summed E-state index contributed by atoms with van der Waals surface area (Å²) in [7, 11) is 0. The summed E-state index contributed by atoms with van der Waals surface area (Å²) in [5.74, 6) is 1.40. The van der Waals surface area contributed by atoms with Gasteiger partial charge in [-0.15, -0.1) is 0 Å². The molecular weight excluding hydrogens is 304 g/mol. The summed E-state index contributed by atoms with van der Waals surface area (Å²) in [5, 5.41) is 6.86. The molecule has 1 atom stereocenters. The van der Waals surface area contributed by atoms with Gasteiger partial charge >= 0.3 is 0 Å². The van der Waals surface area contributed by atoms with E-state index in [0.29, 0.717) is 17.6 Å². The van der Waals surface area contributed by atoms with Crippen LogP contribution in [0.5, 0.6) is 5.75 Å². The summed E-state index contributed by atoms with van der Waals surface area (Å²) >= 11 is 0. The van der Waals surface area contributed by atoms with Crippen molar-refractivity contribution in [3.05, 3.63) is 41.1 Å². The van der Waals surface area contributed by atoms with Gasteiger partial charge < -0.3 is 9.26 Å². The summed E-state index contributed by atoms with van der Waals surface area (Å²) in [4.78, 5) is 12.4. The molecule has 3 rings (SSSR count). The Morgan fingerprint density at radius 2 is 1.88 bits per heavy atom. The van der Waals surface area contributed by atoms with Crippen molar-refractivity contribution in [2.75, 3.05) is 5.32 Å². The minimum absolute atomic E-state index is 0.229. The third-order valence-corrected chi connectivity index (χ3v) is 4.43. The summed E-state index contributed by atoms with van der Waals surface area (Å²) in [5.41, 5.74) is 3.24. The fraction of sp³-hybridized carbons (Fsp3) is 0.474. The van der Waals surface area contributed by atoms with Crippen LogP contribution in [-0.2, 0) is 17.6 Å². The van der Waals surface area contributed by atoms with Crippen molar-refractivity contribution >= 4 is 11.8 Å². The summed E-state index contributed by atoms with van der Waals surface area (Å²) < 4.78 is 11.0. The number of carbonyl (C=O) groups is 1. The van der Waals surface area contributed by atoms with E-state index < -0.39 is 6.10 Å². The lowest BCUT2D eigenvalue weighted by molar-refractivity contribution is -0.122. The quantitative estimate of drug-likeness (QED) is 0.898. The molecule has 0 saturated heterocycles. The Morgan fingerprint density at radius 3 is 2.58 bits per heavy atom. The van der Waals surface area contributed by atoms with Gasteiger partial charge in [-0.05, 0) is 56.2 Å². The molecule has 0 bridgehead atoms. The highest BCUT2D eigenvalue weighted by atomic mass is 16.5. The van der Waals surface area contributed by atoms with Crippen molar-refractivity contribution in [3.63, 3.8) is 0 Å². The predicted molar refractivity (Wildman–Crippen MR) is 92.4 cm³/mol. The van der Waals surface area contributed by atoms with E-state index in [9.17, 15) is 4.79 Å². The number of anilines is 1. The number of nitrogens with one attached hydrogen (secondary N) is 1. The Kier molecular flexibility index (Phi) is 4.88. The Morgan fingerprint density at radius 1 is 1.17 bits per heavy atom. The average Bonchev–Trinajstić information content (AvgIpc) is 2.98. The molecule has 0 aliphatic heterocycles. The van der Waals surface area contributed by atoms with Gasteiger partial charge in [-0.3, -0.25) is 10.1 Å². The van der Waals surface area contributed by atoms with E-state index in [1.54, 1.807) is 6.92 Å². The number of rotatable bonds is 5. The summed E-state index contributed by atoms with van der Waals surface area (Å²) in [6, 6.07) is 7.85. The van der Waals surface area contributed by atoms with Gasteiger partial charge in [-0.1, -0.05) is 31.1 Å². The lowest BCUT2D eigenvalue weighted by Crippen LogP contribution is -2.30. The minimum Gasteiger partial charge on any atom is -0.481 e. The van der Waals surface area contributed by atoms with Gasteiger partial charge in [0.2, 0.25) is 5.88 Å². The molecule has 1 aromatic heterocycles. The Balaban J connectivity index is 1.61. The SMILES string of the molecule is CC(C)c1ccc(O[C@@H](C)C(=O)Nc2onc3c2CCCC3)cc1. The molecule has 0 radical (unpaired) electrons. The number of fused-ring (bicyclic) bond motifs is 1. The zero-order valence-electron chi connectivity index (χ0n) is 14.5. The molecular formula is C19H24N2O3. The molecule has 24 heavy (non-hydrogen) atoms. The lowest BCUT2D eigenvalue weighted by Gasteiger charge is -2.15. The molecule has 128 valence electrons. The molecule has 1 amide bonds. The first-order valence-electron chi connectivity index (χ1n) is 8.59. The van der Waals surface area contributed by atoms with Crippen LogP contribution in [0.3, 0.4) is 0 Å². The fourth-order valence-electron chi connectivity index (χ4n) is 2.89. The van der Waals surface area contributed by atoms with Gasteiger partial charge in [0.05, 0.1) is 5.69 Å². The number of hydrogen-bond acceptors (Lipinski definition) is 4. The van der Waals surface area contributed by atoms with Crippen molar-refractivity contribution < 1.29 is 14.1 Å². The first-order chi connectivity index (χ1) is 11.5. The van der Waals surface area contributed by atoms with Crippen LogP contribution in [0.2, 0.25) is 0 Å². The maximum Gasteiger partial charge on any atom is 0.267 e. The predicted octanol–water partition coefficient (Wildman–Crippen LogP) is 4.08. The summed E-state index contributed by atoms with van der Waals surface area (Å²) in [6.45, 7) is 6.02. The third-order valence-electron chi connectivity index (χ3n) is 4.43. The summed E-state index contributed by atoms with van der Waals surface area (Å²) in [6.07, 6.45) is 3.44. The number of carbonyl (C=O) groups excluding carboxylic acids is 1. The molecule has 1 aliphatic rings. The fourth-order valence-corrected chi connectivity index (χ4v) is 2.89. The standard InChI is InChI=1S/C19H24N2O3/c1-12(2)14-8-10-15(11-9-14)23-13(3)18(22)20-19-16-6-4-5-7-17(16)21-24-19/h8-13H,4-7H2,1-3H3,(H,20,22)/t13-/m0/s1. The van der Waals surface area contributed by atoms with Crippen molar-refractivity contribution in [3.8, 4) is 5.75 Å². The van der Waals surface area contributed by atoms with Crippen LogP contribution < -0.4 is 10.1 Å². The van der Waals surface area contributed by atoms with Crippen LogP contribution >= 0.6 is 0 Å². The van der Waals surface area contributed by atoms with Gasteiger partial charge in [-0.25, -0.2) is 0 Å². The molecule has 5 heteroatoms. The van der Waals surface area contributed by atoms with Crippen LogP contribution in [0.15, 0.2) is 28.8 Å². The number of nitrogens with zero attached hydrogens (tertiary/aromatic N) is 1. The van der Waals surface area contributed by atoms with Gasteiger partial charge in [0.25, 0.3) is 5.91 Å². The van der Waals surface area contributed by atoms with E-state index in [-0.39, 0.29) is 5.91 Å². The molecule has 1 N–H and O–H groups in total. The zero-order chi connectivity index (χ0) is 17.1. The maximum atomic E-state index is 12.4. The normalized spacial score (nSPS) is 15.0. The molecule has 0 unspecified atom stereocenters. The first kappa shape index (κ1) is 16.6. The van der Waals surface area contributed by atoms with Crippen molar-refractivity contribution in [2.45, 2.75) is 58.5 Å². The molecule has 0 spiro atoms. The third kappa shape index (κ3) is 3.61. The highest BCUT2D eigenvalue weighted by molar-refractivity contribution is 5.93. The van der Waals surface area contributed by atoms with E-state index in [1.807, 2.05) is 24.3 Å². The Hall–Kier alpha value is -2.30. The molecule has 1 heterocycles. The number of amides is 1. The van der Waals surface area contributed by atoms with E-state index in [1.165, 1.54) is 5.56 Å². The lowest BCUT2D eigenvalue weighted by atomic mass is 9.98. The Labute approximate surface area is 142 Å². The average molecular weight is 328 g/mol. The van der Waals surface area contributed by atoms with Crippen molar-refractivity contribution in [2.24, 2.45) is 0 Å². The Bertz CT molecular complexity index is 704. The maximum absolute atomic E-state index is 12.4. The molecule has 5 nitrogen and oxygen atoms in total. The second-order valence-electron chi connectivity index (χ2n) is 6.62. The zero-order valence-corrected chi connectivity index (χ0v) is 14.5. The van der Waals surface area contributed by atoms with Gasteiger partial charge in [0, 0.05) is 5.56 Å². The molecule has 1 aromatic carbocycles. The van der Waals surface area contributed by atoms with E-state index in [4.69, 9.17) is 9.26 Å². The second kappa shape index (κ2) is 7.07. The van der Waals surface area contributed by atoms with Gasteiger partial charge in [0.1, 0.15) is 5.75 Å².